The summed E-state index contributed by atoms with van der Waals surface area (Å²) in [5, 5.41) is 12.1. The van der Waals surface area contributed by atoms with Gasteiger partial charge in [0.25, 0.3) is 0 Å². The molecular weight excluding hydrogens is 266 g/mol. The van der Waals surface area contributed by atoms with E-state index in [0.29, 0.717) is 25.7 Å². The van der Waals surface area contributed by atoms with E-state index in [1.54, 1.807) is 0 Å². The summed E-state index contributed by atoms with van der Waals surface area (Å²) in [6, 6.07) is 8.00. The maximum atomic E-state index is 12.2. The molecule has 1 aliphatic rings. The number of nitrogens with zero attached hydrogens (tertiary/aromatic N) is 1. The standard InChI is InChI=1S/C16H25N3O2/c17-11-13-5-1-4-8-15(13)18-16(21)12-19(9-10-20)14-6-2-3-7-14/h1,4-5,8,14,20H,2-3,6-7,9-12,17H2,(H,18,21). The van der Waals surface area contributed by atoms with Gasteiger partial charge in [-0.1, -0.05) is 31.0 Å². The smallest absolute Gasteiger partial charge is 0.238 e. The van der Waals surface area contributed by atoms with Crippen LogP contribution in [0.2, 0.25) is 0 Å². The monoisotopic (exact) mass is 291 g/mol. The second-order valence-electron chi connectivity index (χ2n) is 5.54. The van der Waals surface area contributed by atoms with Crippen molar-refractivity contribution in [1.29, 1.82) is 0 Å². The van der Waals surface area contributed by atoms with Crippen molar-refractivity contribution < 1.29 is 9.90 Å². The number of amides is 1. The summed E-state index contributed by atoms with van der Waals surface area (Å²) in [5.74, 6) is -0.0451. The number of carbonyl (C=O) groups excluding carboxylic acids is 1. The molecule has 4 N–H and O–H groups in total. The number of para-hydroxylation sites is 1. The molecule has 1 saturated carbocycles. The Balaban J connectivity index is 1.95. The molecule has 0 unspecified atom stereocenters. The molecule has 1 aromatic carbocycles. The van der Waals surface area contributed by atoms with Crippen molar-refractivity contribution in [3.63, 3.8) is 0 Å². The number of carbonyl (C=O) groups is 1. The van der Waals surface area contributed by atoms with Crippen LogP contribution in [0.1, 0.15) is 31.2 Å². The first-order valence-electron chi connectivity index (χ1n) is 7.67. The molecule has 116 valence electrons. The Hall–Kier alpha value is -1.43. The Morgan fingerprint density at radius 1 is 1.33 bits per heavy atom. The van der Waals surface area contributed by atoms with Crippen LogP contribution in [0, 0.1) is 0 Å². The fourth-order valence-electron chi connectivity index (χ4n) is 2.98. The first-order chi connectivity index (χ1) is 10.2. The van der Waals surface area contributed by atoms with E-state index < -0.39 is 0 Å². The molecule has 1 amide bonds. The molecule has 5 nitrogen and oxygen atoms in total. The van der Waals surface area contributed by atoms with Gasteiger partial charge in [0.1, 0.15) is 0 Å². The van der Waals surface area contributed by atoms with Crippen molar-refractivity contribution in [3.05, 3.63) is 29.8 Å². The van der Waals surface area contributed by atoms with Gasteiger partial charge >= 0.3 is 0 Å². The summed E-state index contributed by atoms with van der Waals surface area (Å²) in [6.45, 7) is 1.36. The van der Waals surface area contributed by atoms with Gasteiger partial charge in [-0.3, -0.25) is 9.69 Å². The third-order valence-electron chi connectivity index (χ3n) is 4.09. The second kappa shape index (κ2) is 8.12. The van der Waals surface area contributed by atoms with Crippen molar-refractivity contribution in [2.75, 3.05) is 25.0 Å². The lowest BCUT2D eigenvalue weighted by molar-refractivity contribution is -0.118. The number of anilines is 1. The Kier molecular flexibility index (Phi) is 6.17. The molecule has 1 fully saturated rings. The maximum Gasteiger partial charge on any atom is 0.238 e. The number of aliphatic hydroxyl groups excluding tert-OH is 1. The summed E-state index contributed by atoms with van der Waals surface area (Å²) in [5.41, 5.74) is 7.39. The molecule has 2 rings (SSSR count). The van der Waals surface area contributed by atoms with Gasteiger partial charge < -0.3 is 16.2 Å². The molecule has 0 atom stereocenters. The number of hydrogen-bond donors (Lipinski definition) is 3. The summed E-state index contributed by atoms with van der Waals surface area (Å²) < 4.78 is 0. The molecule has 0 heterocycles. The van der Waals surface area contributed by atoms with Gasteiger partial charge in [-0.05, 0) is 24.5 Å². The van der Waals surface area contributed by atoms with E-state index in [1.165, 1.54) is 12.8 Å². The number of nitrogens with one attached hydrogen (secondary N) is 1. The van der Waals surface area contributed by atoms with Gasteiger partial charge in [-0.2, -0.15) is 0 Å². The van der Waals surface area contributed by atoms with Crippen LogP contribution in [0.15, 0.2) is 24.3 Å². The fraction of sp³-hybridized carbons (Fsp3) is 0.562. The Morgan fingerprint density at radius 2 is 2.05 bits per heavy atom. The van der Waals surface area contributed by atoms with Gasteiger partial charge in [-0.25, -0.2) is 0 Å². The first-order valence-corrected chi connectivity index (χ1v) is 7.67. The molecule has 1 aliphatic carbocycles. The van der Waals surface area contributed by atoms with Gasteiger partial charge in [0.2, 0.25) is 5.91 Å². The molecule has 0 aromatic heterocycles. The van der Waals surface area contributed by atoms with Gasteiger partial charge in [0, 0.05) is 24.8 Å². The summed E-state index contributed by atoms with van der Waals surface area (Å²) in [4.78, 5) is 14.3. The minimum Gasteiger partial charge on any atom is -0.395 e. The molecule has 0 aliphatic heterocycles. The highest BCUT2D eigenvalue weighted by Gasteiger charge is 2.24. The third kappa shape index (κ3) is 4.52. The van der Waals surface area contributed by atoms with Crippen LogP contribution in [0.4, 0.5) is 5.69 Å². The molecule has 0 bridgehead atoms. The minimum atomic E-state index is -0.0451. The molecule has 0 spiro atoms. The number of hydrogen-bond acceptors (Lipinski definition) is 4. The highest BCUT2D eigenvalue weighted by molar-refractivity contribution is 5.93. The predicted octanol–water partition coefficient (Wildman–Crippen LogP) is 1.32. The normalized spacial score (nSPS) is 15.6. The van der Waals surface area contributed by atoms with Gasteiger partial charge in [0.05, 0.1) is 13.2 Å². The van der Waals surface area contributed by atoms with Crippen LogP contribution >= 0.6 is 0 Å². The van der Waals surface area contributed by atoms with Gasteiger partial charge in [0.15, 0.2) is 0 Å². The molecule has 5 heteroatoms. The highest BCUT2D eigenvalue weighted by atomic mass is 16.3. The maximum absolute atomic E-state index is 12.2. The number of aliphatic hydroxyl groups is 1. The molecule has 0 saturated heterocycles. The lowest BCUT2D eigenvalue weighted by Crippen LogP contribution is -2.41. The Bertz CT molecular complexity index is 459. The minimum absolute atomic E-state index is 0.0451. The zero-order valence-electron chi connectivity index (χ0n) is 12.4. The van der Waals surface area contributed by atoms with Gasteiger partial charge in [-0.15, -0.1) is 0 Å². The Labute approximate surface area is 126 Å². The molecular formula is C16H25N3O2. The molecule has 1 aromatic rings. The predicted molar refractivity (Wildman–Crippen MR) is 83.9 cm³/mol. The van der Waals surface area contributed by atoms with Crippen molar-refractivity contribution in [2.24, 2.45) is 5.73 Å². The summed E-state index contributed by atoms with van der Waals surface area (Å²) in [6.07, 6.45) is 4.66. The lowest BCUT2D eigenvalue weighted by Gasteiger charge is -2.27. The average Bonchev–Trinajstić information content (AvgIpc) is 3.01. The van der Waals surface area contributed by atoms with Crippen LogP contribution in [-0.4, -0.2) is 41.7 Å². The van der Waals surface area contributed by atoms with Crippen LogP contribution in [0.3, 0.4) is 0 Å². The Morgan fingerprint density at radius 3 is 2.71 bits per heavy atom. The van der Waals surface area contributed by atoms with E-state index in [4.69, 9.17) is 5.73 Å². The topological polar surface area (TPSA) is 78.6 Å². The van der Waals surface area contributed by atoms with Crippen molar-refractivity contribution in [2.45, 2.75) is 38.3 Å². The third-order valence-corrected chi connectivity index (χ3v) is 4.09. The first kappa shape index (κ1) is 15.9. The fourth-order valence-corrected chi connectivity index (χ4v) is 2.98. The number of rotatable bonds is 7. The van der Waals surface area contributed by atoms with E-state index in [1.807, 2.05) is 24.3 Å². The summed E-state index contributed by atoms with van der Waals surface area (Å²) >= 11 is 0. The van der Waals surface area contributed by atoms with E-state index in [2.05, 4.69) is 10.2 Å². The van der Waals surface area contributed by atoms with Crippen molar-refractivity contribution in [1.82, 2.24) is 4.90 Å². The van der Waals surface area contributed by atoms with E-state index in [9.17, 15) is 9.90 Å². The summed E-state index contributed by atoms with van der Waals surface area (Å²) in [7, 11) is 0. The number of benzene rings is 1. The van der Waals surface area contributed by atoms with Crippen LogP contribution in [-0.2, 0) is 11.3 Å². The van der Waals surface area contributed by atoms with E-state index >= 15 is 0 Å². The van der Waals surface area contributed by atoms with Crippen molar-refractivity contribution in [3.8, 4) is 0 Å². The van der Waals surface area contributed by atoms with Crippen molar-refractivity contribution >= 4 is 11.6 Å². The van der Waals surface area contributed by atoms with Crippen LogP contribution in [0.5, 0.6) is 0 Å². The van der Waals surface area contributed by atoms with Crippen LogP contribution in [0.25, 0.3) is 0 Å². The zero-order chi connectivity index (χ0) is 15.1. The van der Waals surface area contributed by atoms with Crippen LogP contribution < -0.4 is 11.1 Å². The SMILES string of the molecule is NCc1ccccc1NC(=O)CN(CCO)C1CCCC1. The van der Waals surface area contributed by atoms with E-state index in [0.717, 1.165) is 24.1 Å². The quantitative estimate of drug-likeness (QED) is 0.708. The number of nitrogens with two attached hydrogens (primary N) is 1. The highest BCUT2D eigenvalue weighted by Crippen LogP contribution is 2.23. The van der Waals surface area contributed by atoms with E-state index in [-0.39, 0.29) is 12.5 Å². The second-order valence-corrected chi connectivity index (χ2v) is 5.54. The largest absolute Gasteiger partial charge is 0.395 e. The lowest BCUT2D eigenvalue weighted by atomic mass is 10.1. The molecule has 0 radical (unpaired) electrons. The average molecular weight is 291 g/mol. The molecule has 21 heavy (non-hydrogen) atoms. The zero-order valence-corrected chi connectivity index (χ0v) is 12.4.